The van der Waals surface area contributed by atoms with Gasteiger partial charge >= 0.3 is 6.09 Å². The molecule has 0 bridgehead atoms. The molecule has 1 aliphatic rings. The maximum absolute atomic E-state index is 13.5. The van der Waals surface area contributed by atoms with Crippen LogP contribution in [0, 0.1) is 11.3 Å². The van der Waals surface area contributed by atoms with Crippen LogP contribution in [0.5, 0.6) is 0 Å². The number of fused-ring (bicyclic) bond motifs is 2. The van der Waals surface area contributed by atoms with Crippen molar-refractivity contribution in [2.45, 2.75) is 45.8 Å². The van der Waals surface area contributed by atoms with Crippen molar-refractivity contribution in [3.05, 3.63) is 83.6 Å². The molecular weight excluding hydrogens is 502 g/mol. The van der Waals surface area contributed by atoms with Crippen molar-refractivity contribution in [2.24, 2.45) is 11.7 Å². The van der Waals surface area contributed by atoms with Crippen molar-refractivity contribution >= 4 is 39.5 Å². The molecule has 40 heavy (non-hydrogen) atoms. The number of likely N-dealkylation sites (tertiary alicyclic amines) is 1. The summed E-state index contributed by atoms with van der Waals surface area (Å²) in [7, 11) is 0. The van der Waals surface area contributed by atoms with Gasteiger partial charge in [0, 0.05) is 42.6 Å². The lowest BCUT2D eigenvalue weighted by Crippen LogP contribution is -2.43. The van der Waals surface area contributed by atoms with E-state index in [1.807, 2.05) is 61.7 Å². The van der Waals surface area contributed by atoms with Gasteiger partial charge in [-0.25, -0.2) is 4.79 Å². The second-order valence-corrected chi connectivity index (χ2v) is 11.6. The van der Waals surface area contributed by atoms with Crippen molar-refractivity contribution < 1.29 is 14.3 Å². The molecule has 0 aliphatic carbocycles. The van der Waals surface area contributed by atoms with Crippen LogP contribution in [0.25, 0.3) is 21.7 Å². The average molecular weight is 540 g/mol. The zero-order valence-electron chi connectivity index (χ0n) is 23.4. The fourth-order valence-electron chi connectivity index (χ4n) is 5.27. The van der Waals surface area contributed by atoms with E-state index in [1.165, 1.54) is 0 Å². The predicted octanol–water partition coefficient (Wildman–Crippen LogP) is 5.50. The fraction of sp³-hybridized carbons (Fsp3) is 0.344. The third-order valence-electron chi connectivity index (χ3n) is 7.42. The Labute approximate surface area is 234 Å². The van der Waals surface area contributed by atoms with Gasteiger partial charge in [0.2, 0.25) is 0 Å². The van der Waals surface area contributed by atoms with E-state index in [0.717, 1.165) is 40.1 Å². The minimum absolute atomic E-state index is 0.0101. The van der Waals surface area contributed by atoms with Gasteiger partial charge in [0.1, 0.15) is 17.1 Å². The topological polar surface area (TPSA) is 113 Å². The largest absolute Gasteiger partial charge is 0.444 e. The molecule has 1 saturated heterocycles. The van der Waals surface area contributed by atoms with E-state index in [0.29, 0.717) is 37.4 Å². The van der Waals surface area contributed by atoms with Gasteiger partial charge < -0.3 is 25.3 Å². The Morgan fingerprint density at radius 2 is 1.68 bits per heavy atom. The van der Waals surface area contributed by atoms with E-state index in [9.17, 15) is 9.59 Å². The molecule has 0 spiro atoms. The van der Waals surface area contributed by atoms with Crippen LogP contribution in [-0.4, -0.2) is 52.5 Å². The molecule has 4 N–H and O–H groups in total. The molecule has 3 aromatic carbocycles. The minimum Gasteiger partial charge on any atom is -0.444 e. The van der Waals surface area contributed by atoms with Crippen LogP contribution in [0.1, 0.15) is 55.2 Å². The number of hydrogen-bond acceptors (Lipinski definition) is 4. The summed E-state index contributed by atoms with van der Waals surface area (Å²) in [5, 5.41) is 14.3. The lowest BCUT2D eigenvalue weighted by molar-refractivity contribution is 0.0183. The molecule has 0 saturated carbocycles. The molecular formula is C32H37N5O3. The minimum atomic E-state index is -0.515. The van der Waals surface area contributed by atoms with Crippen molar-refractivity contribution in [3.8, 4) is 0 Å². The molecule has 8 heteroatoms. The normalized spacial score (nSPS) is 14.4. The Morgan fingerprint density at radius 1 is 0.975 bits per heavy atom. The quantitative estimate of drug-likeness (QED) is 0.222. The van der Waals surface area contributed by atoms with Gasteiger partial charge in [0.15, 0.2) is 0 Å². The Balaban J connectivity index is 1.33. The number of rotatable bonds is 6. The zero-order valence-corrected chi connectivity index (χ0v) is 23.4. The van der Waals surface area contributed by atoms with Gasteiger partial charge in [0.05, 0.1) is 0 Å². The van der Waals surface area contributed by atoms with Crippen molar-refractivity contribution in [2.75, 3.05) is 19.6 Å². The van der Waals surface area contributed by atoms with Gasteiger partial charge in [-0.05, 0) is 74.1 Å². The molecule has 1 aliphatic heterocycles. The Hall–Kier alpha value is -4.33. The van der Waals surface area contributed by atoms with Crippen LogP contribution in [0.3, 0.4) is 0 Å². The number of nitrogens with two attached hydrogens (primary N) is 1. The highest BCUT2D eigenvalue weighted by Gasteiger charge is 2.27. The second-order valence-electron chi connectivity index (χ2n) is 11.6. The summed E-state index contributed by atoms with van der Waals surface area (Å²) >= 11 is 0. The first-order valence-electron chi connectivity index (χ1n) is 13.8. The fourth-order valence-corrected chi connectivity index (χ4v) is 5.27. The highest BCUT2D eigenvalue weighted by Crippen LogP contribution is 2.25. The summed E-state index contributed by atoms with van der Waals surface area (Å²) in [6.45, 7) is 7.88. The molecule has 0 radical (unpaired) electrons. The van der Waals surface area contributed by atoms with E-state index in [2.05, 4.69) is 35.6 Å². The Kier molecular flexibility index (Phi) is 7.52. The first kappa shape index (κ1) is 27.2. The number of hydrogen-bond donors (Lipinski definition) is 3. The third-order valence-corrected chi connectivity index (χ3v) is 7.42. The molecule has 8 nitrogen and oxygen atoms in total. The number of amides is 2. The smallest absolute Gasteiger partial charge is 0.410 e. The molecule has 0 atom stereocenters. The molecule has 1 fully saturated rings. The molecule has 5 rings (SSSR count). The summed E-state index contributed by atoms with van der Waals surface area (Å²) < 4.78 is 7.51. The van der Waals surface area contributed by atoms with E-state index in [-0.39, 0.29) is 23.8 Å². The number of carbonyl (C=O) groups excluding carboxylic acids is 2. The molecule has 4 aromatic rings. The van der Waals surface area contributed by atoms with Crippen molar-refractivity contribution in [3.63, 3.8) is 0 Å². The number of benzene rings is 3. The van der Waals surface area contributed by atoms with Gasteiger partial charge in [-0.3, -0.25) is 10.2 Å². The highest BCUT2D eigenvalue weighted by atomic mass is 16.6. The number of nitrogen functional groups attached to an aromatic ring is 1. The first-order chi connectivity index (χ1) is 19.1. The van der Waals surface area contributed by atoms with Gasteiger partial charge in [-0.1, -0.05) is 48.5 Å². The Bertz CT molecular complexity index is 1570. The second kappa shape index (κ2) is 11.0. The standard InChI is InChI=1S/C32H37N5O3/c1-32(2,3)40-31(39)36-14-12-21(13-15-36)19-35-30(38)28-17-25-10-11-26(29(33)34)18-27(25)37(28)20-22-8-9-23-6-4-5-7-24(23)16-22/h4-11,16-18,21H,12-15,19-20H2,1-3H3,(H3,33,34)(H,35,38). The van der Waals surface area contributed by atoms with Gasteiger partial charge in [0.25, 0.3) is 5.91 Å². The number of nitrogens with one attached hydrogen (secondary N) is 2. The number of piperidine rings is 1. The summed E-state index contributed by atoms with van der Waals surface area (Å²) in [6, 6.07) is 22.0. The molecule has 2 amide bonds. The van der Waals surface area contributed by atoms with Crippen LogP contribution >= 0.6 is 0 Å². The first-order valence-corrected chi connectivity index (χ1v) is 13.8. The van der Waals surface area contributed by atoms with Crippen molar-refractivity contribution in [1.82, 2.24) is 14.8 Å². The average Bonchev–Trinajstić information content (AvgIpc) is 3.28. The number of amidine groups is 1. The van der Waals surface area contributed by atoms with Gasteiger partial charge in [-0.15, -0.1) is 0 Å². The van der Waals surface area contributed by atoms with E-state index >= 15 is 0 Å². The summed E-state index contributed by atoms with van der Waals surface area (Å²) in [5.41, 5.74) is 8.39. The van der Waals surface area contributed by atoms with Crippen LogP contribution < -0.4 is 11.1 Å². The molecule has 1 aromatic heterocycles. The maximum atomic E-state index is 13.5. The summed E-state index contributed by atoms with van der Waals surface area (Å²) in [6.07, 6.45) is 1.33. The summed E-state index contributed by atoms with van der Waals surface area (Å²) in [5.74, 6) is 0.130. The number of aromatic nitrogens is 1. The number of carbonyl (C=O) groups is 2. The zero-order chi connectivity index (χ0) is 28.4. The van der Waals surface area contributed by atoms with Crippen LogP contribution in [0.4, 0.5) is 4.79 Å². The highest BCUT2D eigenvalue weighted by molar-refractivity contribution is 6.02. The SMILES string of the molecule is CC(C)(C)OC(=O)N1CCC(CNC(=O)c2cc3ccc(C(=N)N)cc3n2Cc2ccc3ccccc3c2)CC1. The van der Waals surface area contributed by atoms with E-state index in [4.69, 9.17) is 15.9 Å². The monoisotopic (exact) mass is 539 g/mol. The Morgan fingerprint density at radius 3 is 2.38 bits per heavy atom. The third kappa shape index (κ3) is 6.11. The predicted molar refractivity (Wildman–Crippen MR) is 159 cm³/mol. The van der Waals surface area contributed by atoms with Crippen LogP contribution in [0.2, 0.25) is 0 Å². The molecule has 208 valence electrons. The number of ether oxygens (including phenoxy) is 1. The van der Waals surface area contributed by atoms with E-state index in [1.54, 1.807) is 4.90 Å². The lowest BCUT2D eigenvalue weighted by atomic mass is 9.97. The molecule has 0 unspecified atom stereocenters. The number of nitrogens with zero attached hydrogens (tertiary/aromatic N) is 2. The van der Waals surface area contributed by atoms with E-state index < -0.39 is 5.60 Å². The van der Waals surface area contributed by atoms with Crippen LogP contribution in [-0.2, 0) is 11.3 Å². The summed E-state index contributed by atoms with van der Waals surface area (Å²) in [4.78, 5) is 27.7. The lowest BCUT2D eigenvalue weighted by Gasteiger charge is -2.33. The van der Waals surface area contributed by atoms with Crippen molar-refractivity contribution in [1.29, 1.82) is 5.41 Å². The van der Waals surface area contributed by atoms with Gasteiger partial charge in [-0.2, -0.15) is 0 Å². The van der Waals surface area contributed by atoms with Crippen LogP contribution in [0.15, 0.2) is 66.7 Å². The molecule has 2 heterocycles. The maximum Gasteiger partial charge on any atom is 0.410 e.